The van der Waals surface area contributed by atoms with Gasteiger partial charge in [-0.05, 0) is 59.9 Å². The number of nitrogens with zero attached hydrogens (tertiary/aromatic N) is 1. The predicted octanol–water partition coefficient (Wildman–Crippen LogP) is 8.54. The minimum absolute atomic E-state index is 0.0510. The molecule has 1 unspecified atom stereocenters. The second-order valence-corrected chi connectivity index (χ2v) is 11.4. The van der Waals surface area contributed by atoms with Crippen LogP contribution in [0.15, 0.2) is 84.9 Å². The number of hydrogen-bond donors (Lipinski definition) is 1. The highest BCUT2D eigenvalue weighted by molar-refractivity contribution is 5.83. The molecule has 1 N–H and O–H groups in total. The number of carbonyl (C=O) groups is 2. The Morgan fingerprint density at radius 3 is 1.95 bits per heavy atom. The molecular formula is C37H52N2O3. The maximum absolute atomic E-state index is 12.4. The first-order valence-corrected chi connectivity index (χ1v) is 15.6. The zero-order chi connectivity index (χ0) is 30.6. The lowest BCUT2D eigenvalue weighted by molar-refractivity contribution is -0.123. The number of hydrogen-bond acceptors (Lipinski definition) is 3. The molecule has 1 atom stereocenters. The van der Waals surface area contributed by atoms with Crippen molar-refractivity contribution in [2.24, 2.45) is 5.41 Å². The van der Waals surface area contributed by atoms with Crippen LogP contribution in [0, 0.1) is 5.41 Å². The molecule has 0 aromatic heterocycles. The molecule has 5 heteroatoms. The third-order valence-electron chi connectivity index (χ3n) is 7.81. The van der Waals surface area contributed by atoms with E-state index in [2.05, 4.69) is 33.0 Å². The molecule has 0 saturated carbocycles. The van der Waals surface area contributed by atoms with E-state index < -0.39 is 0 Å². The summed E-state index contributed by atoms with van der Waals surface area (Å²) in [5.41, 5.74) is 3.72. The molecule has 0 aliphatic heterocycles. The molecule has 3 aromatic carbocycles. The molecule has 0 bridgehead atoms. The van der Waals surface area contributed by atoms with Crippen LogP contribution in [-0.4, -0.2) is 30.9 Å². The summed E-state index contributed by atoms with van der Waals surface area (Å²) in [5, 5.41) is 3.04. The summed E-state index contributed by atoms with van der Waals surface area (Å²) in [7, 11) is 1.66. The van der Waals surface area contributed by atoms with Crippen molar-refractivity contribution in [1.82, 2.24) is 10.2 Å². The summed E-state index contributed by atoms with van der Waals surface area (Å²) in [4.78, 5) is 25.6. The van der Waals surface area contributed by atoms with Gasteiger partial charge in [-0.1, -0.05) is 120 Å². The molecule has 0 radical (unpaired) electrons. The van der Waals surface area contributed by atoms with Crippen LogP contribution in [0.4, 0.5) is 0 Å². The molecule has 228 valence electrons. The van der Waals surface area contributed by atoms with Gasteiger partial charge in [-0.3, -0.25) is 9.59 Å². The number of methoxy groups -OCH3 is 1. The molecule has 0 fully saturated rings. The van der Waals surface area contributed by atoms with Gasteiger partial charge in [0.1, 0.15) is 5.75 Å². The number of amides is 2. The highest BCUT2D eigenvalue weighted by Crippen LogP contribution is 2.33. The Labute approximate surface area is 254 Å². The van der Waals surface area contributed by atoms with Crippen molar-refractivity contribution in [2.45, 2.75) is 91.6 Å². The highest BCUT2D eigenvalue weighted by Gasteiger charge is 2.23. The summed E-state index contributed by atoms with van der Waals surface area (Å²) >= 11 is 0. The zero-order valence-corrected chi connectivity index (χ0v) is 26.5. The van der Waals surface area contributed by atoms with Crippen molar-refractivity contribution in [2.75, 3.05) is 13.7 Å². The van der Waals surface area contributed by atoms with E-state index in [9.17, 15) is 9.59 Å². The number of carbonyl (C=O) groups excluding carboxylic acids is 2. The SMILES string of the molecule is CCCC(C(=O)NCc1ccccc1)c1ccccc1.CCCC(C)(CCC)CCN(C=O)Cc1ccc(OC)cc1. The third kappa shape index (κ3) is 12.5. The standard InChI is InChI=1S/C19H31NO2.C18H21NO/c1-5-11-19(3,12-6-2)13-14-20(16-21)15-17-7-9-18(22-4)10-8-17;1-2-9-17(16-12-7-4-8-13-16)18(20)19-14-15-10-5-3-6-11-15/h7-10,16H,5-6,11-15H2,1-4H3;3-8,10-13,17H,2,9,14H2,1H3,(H,19,20). The number of benzene rings is 3. The molecule has 3 aromatic rings. The predicted molar refractivity (Wildman–Crippen MR) is 174 cm³/mol. The van der Waals surface area contributed by atoms with Crippen LogP contribution in [-0.2, 0) is 22.7 Å². The third-order valence-corrected chi connectivity index (χ3v) is 7.81. The normalized spacial score (nSPS) is 11.5. The smallest absolute Gasteiger partial charge is 0.227 e. The topological polar surface area (TPSA) is 58.6 Å². The monoisotopic (exact) mass is 572 g/mol. The first-order chi connectivity index (χ1) is 20.4. The largest absolute Gasteiger partial charge is 0.497 e. The summed E-state index contributed by atoms with van der Waals surface area (Å²) in [6, 6.07) is 27.9. The lowest BCUT2D eigenvalue weighted by Gasteiger charge is -2.31. The Morgan fingerprint density at radius 1 is 0.833 bits per heavy atom. The van der Waals surface area contributed by atoms with Crippen LogP contribution in [0.1, 0.15) is 95.2 Å². The zero-order valence-electron chi connectivity index (χ0n) is 26.5. The molecule has 0 aliphatic rings. The molecule has 0 spiro atoms. The van der Waals surface area contributed by atoms with E-state index in [4.69, 9.17) is 4.74 Å². The minimum atomic E-state index is -0.0510. The van der Waals surface area contributed by atoms with E-state index >= 15 is 0 Å². The Bertz CT molecular complexity index is 1130. The fourth-order valence-electron chi connectivity index (χ4n) is 5.46. The Morgan fingerprint density at radius 2 is 1.43 bits per heavy atom. The van der Waals surface area contributed by atoms with Gasteiger partial charge in [0.15, 0.2) is 0 Å². The van der Waals surface area contributed by atoms with Gasteiger partial charge in [0.05, 0.1) is 13.0 Å². The van der Waals surface area contributed by atoms with Gasteiger partial charge < -0.3 is 15.0 Å². The maximum Gasteiger partial charge on any atom is 0.227 e. The van der Waals surface area contributed by atoms with Crippen LogP contribution in [0.5, 0.6) is 5.75 Å². The van der Waals surface area contributed by atoms with Crippen LogP contribution in [0.2, 0.25) is 0 Å². The van der Waals surface area contributed by atoms with Crippen molar-refractivity contribution < 1.29 is 14.3 Å². The first-order valence-electron chi connectivity index (χ1n) is 15.6. The van der Waals surface area contributed by atoms with Crippen LogP contribution in [0.3, 0.4) is 0 Å². The van der Waals surface area contributed by atoms with Gasteiger partial charge >= 0.3 is 0 Å². The Kier molecular flexibility index (Phi) is 16.1. The van der Waals surface area contributed by atoms with Crippen molar-refractivity contribution in [3.63, 3.8) is 0 Å². The first kappa shape index (κ1) is 34.6. The average Bonchev–Trinajstić information content (AvgIpc) is 3.02. The molecule has 2 amide bonds. The second kappa shape index (κ2) is 19.5. The van der Waals surface area contributed by atoms with E-state index in [0.29, 0.717) is 18.5 Å². The Balaban J connectivity index is 0.000000294. The molecule has 0 aliphatic carbocycles. The van der Waals surface area contributed by atoms with Crippen molar-refractivity contribution in [3.8, 4) is 5.75 Å². The Hall–Kier alpha value is -3.60. The van der Waals surface area contributed by atoms with Gasteiger partial charge in [-0.15, -0.1) is 0 Å². The summed E-state index contributed by atoms with van der Waals surface area (Å²) < 4.78 is 5.16. The van der Waals surface area contributed by atoms with Crippen LogP contribution in [0.25, 0.3) is 0 Å². The maximum atomic E-state index is 12.4. The van der Waals surface area contributed by atoms with Crippen molar-refractivity contribution in [3.05, 3.63) is 102 Å². The van der Waals surface area contributed by atoms with E-state index in [1.54, 1.807) is 7.11 Å². The van der Waals surface area contributed by atoms with Gasteiger partial charge in [0, 0.05) is 19.6 Å². The van der Waals surface area contributed by atoms with Crippen molar-refractivity contribution >= 4 is 12.3 Å². The summed E-state index contributed by atoms with van der Waals surface area (Å²) in [5.74, 6) is 0.909. The molecule has 0 heterocycles. The number of ether oxygens (including phenoxy) is 1. The van der Waals surface area contributed by atoms with Gasteiger partial charge in [0.2, 0.25) is 12.3 Å². The lowest BCUT2D eigenvalue weighted by Crippen LogP contribution is -2.29. The van der Waals surface area contributed by atoms with Gasteiger partial charge in [0.25, 0.3) is 0 Å². The summed E-state index contributed by atoms with van der Waals surface area (Å²) in [6.07, 6.45) is 8.80. The molecule has 42 heavy (non-hydrogen) atoms. The van der Waals surface area contributed by atoms with E-state index in [0.717, 1.165) is 54.7 Å². The fraction of sp³-hybridized carbons (Fsp3) is 0.459. The van der Waals surface area contributed by atoms with Crippen molar-refractivity contribution in [1.29, 1.82) is 0 Å². The van der Waals surface area contributed by atoms with Crippen LogP contribution < -0.4 is 10.1 Å². The van der Waals surface area contributed by atoms with Crippen LogP contribution >= 0.6 is 0 Å². The molecule has 5 nitrogen and oxygen atoms in total. The van der Waals surface area contributed by atoms with E-state index in [1.165, 1.54) is 25.7 Å². The second-order valence-electron chi connectivity index (χ2n) is 11.4. The average molecular weight is 573 g/mol. The highest BCUT2D eigenvalue weighted by atomic mass is 16.5. The van der Waals surface area contributed by atoms with Gasteiger partial charge in [-0.2, -0.15) is 0 Å². The quantitative estimate of drug-likeness (QED) is 0.165. The number of rotatable bonds is 17. The molecule has 3 rings (SSSR count). The fourth-order valence-corrected chi connectivity index (χ4v) is 5.46. The lowest BCUT2D eigenvalue weighted by atomic mass is 9.78. The molecule has 0 saturated heterocycles. The number of nitrogens with one attached hydrogen (secondary N) is 1. The minimum Gasteiger partial charge on any atom is -0.497 e. The van der Waals surface area contributed by atoms with E-state index in [1.807, 2.05) is 89.8 Å². The molecular weight excluding hydrogens is 520 g/mol. The summed E-state index contributed by atoms with van der Waals surface area (Å²) in [6.45, 7) is 11.0. The van der Waals surface area contributed by atoms with Gasteiger partial charge in [-0.25, -0.2) is 0 Å². The van der Waals surface area contributed by atoms with E-state index in [-0.39, 0.29) is 11.8 Å².